The summed E-state index contributed by atoms with van der Waals surface area (Å²) in [7, 11) is 5.59. The summed E-state index contributed by atoms with van der Waals surface area (Å²) in [5, 5.41) is 0.510. The van der Waals surface area contributed by atoms with Crippen LogP contribution >= 0.6 is 12.2 Å². The SMILES string of the molecule is CN(C)CCN(Cc1ccccc1)C(=O)c1ccc2c(=O)n(C)c(=S)[nH]c2c1. The van der Waals surface area contributed by atoms with Crippen LogP contribution in [-0.2, 0) is 13.6 Å². The van der Waals surface area contributed by atoms with Crippen LogP contribution in [0, 0.1) is 4.77 Å². The second-order valence-electron chi connectivity index (χ2n) is 7.07. The predicted octanol–water partition coefficient (Wildman–Crippen LogP) is 2.80. The molecule has 0 aliphatic carbocycles. The second-order valence-corrected chi connectivity index (χ2v) is 7.46. The van der Waals surface area contributed by atoms with Crippen molar-refractivity contribution in [2.24, 2.45) is 7.05 Å². The minimum atomic E-state index is -0.175. The highest BCUT2D eigenvalue weighted by Gasteiger charge is 2.17. The second kappa shape index (κ2) is 8.50. The van der Waals surface area contributed by atoms with Gasteiger partial charge in [0.2, 0.25) is 0 Å². The molecule has 0 saturated heterocycles. The molecule has 0 spiro atoms. The predicted molar refractivity (Wildman–Crippen MR) is 114 cm³/mol. The van der Waals surface area contributed by atoms with Crippen molar-refractivity contribution in [1.29, 1.82) is 0 Å². The molecule has 0 atom stereocenters. The van der Waals surface area contributed by atoms with Gasteiger partial charge in [-0.05, 0) is 50.1 Å². The van der Waals surface area contributed by atoms with Gasteiger partial charge < -0.3 is 14.8 Å². The van der Waals surface area contributed by atoms with Crippen LogP contribution in [0.15, 0.2) is 53.3 Å². The lowest BCUT2D eigenvalue weighted by Gasteiger charge is -2.25. The Labute approximate surface area is 169 Å². The maximum absolute atomic E-state index is 13.2. The van der Waals surface area contributed by atoms with E-state index in [1.165, 1.54) is 4.57 Å². The first-order valence-electron chi connectivity index (χ1n) is 9.08. The molecule has 0 aliphatic heterocycles. The van der Waals surface area contributed by atoms with E-state index in [0.717, 1.165) is 12.1 Å². The summed E-state index contributed by atoms with van der Waals surface area (Å²) in [4.78, 5) is 32.5. The van der Waals surface area contributed by atoms with E-state index in [1.54, 1.807) is 25.2 Å². The van der Waals surface area contributed by atoms with E-state index in [2.05, 4.69) is 4.98 Å². The van der Waals surface area contributed by atoms with Crippen molar-refractivity contribution in [2.75, 3.05) is 27.2 Å². The minimum Gasteiger partial charge on any atom is -0.333 e. The summed E-state index contributed by atoms with van der Waals surface area (Å²) >= 11 is 5.19. The zero-order valence-corrected chi connectivity index (χ0v) is 17.1. The van der Waals surface area contributed by atoms with Gasteiger partial charge in [-0.25, -0.2) is 0 Å². The molecule has 7 heteroatoms. The number of aromatic nitrogens is 2. The Morgan fingerprint density at radius 2 is 1.82 bits per heavy atom. The van der Waals surface area contributed by atoms with Crippen molar-refractivity contribution < 1.29 is 4.79 Å². The van der Waals surface area contributed by atoms with E-state index < -0.39 is 0 Å². The Hall–Kier alpha value is -2.77. The van der Waals surface area contributed by atoms with Crippen LogP contribution < -0.4 is 5.56 Å². The minimum absolute atomic E-state index is 0.0763. The van der Waals surface area contributed by atoms with Crippen LogP contribution in [-0.4, -0.2) is 52.4 Å². The Bertz CT molecular complexity index is 1100. The summed E-state index contributed by atoms with van der Waals surface area (Å²) < 4.78 is 1.72. The van der Waals surface area contributed by atoms with Gasteiger partial charge in [-0.15, -0.1) is 0 Å². The zero-order chi connectivity index (χ0) is 20.3. The van der Waals surface area contributed by atoms with Crippen LogP contribution in [0.5, 0.6) is 0 Å². The Balaban J connectivity index is 1.96. The van der Waals surface area contributed by atoms with Crippen molar-refractivity contribution >= 4 is 29.0 Å². The number of nitrogens with zero attached hydrogens (tertiary/aromatic N) is 3. The summed E-state index contributed by atoms with van der Waals surface area (Å²) in [6.07, 6.45) is 0. The number of carbonyl (C=O) groups is 1. The lowest BCUT2D eigenvalue weighted by atomic mass is 10.1. The molecule has 1 heterocycles. The fourth-order valence-electron chi connectivity index (χ4n) is 3.00. The van der Waals surface area contributed by atoms with Crippen molar-refractivity contribution in [2.45, 2.75) is 6.54 Å². The normalized spacial score (nSPS) is 11.1. The molecule has 0 saturated carbocycles. The molecule has 1 aromatic heterocycles. The summed E-state index contributed by atoms with van der Waals surface area (Å²) in [5.41, 5.74) is 2.00. The first-order chi connectivity index (χ1) is 13.4. The quantitative estimate of drug-likeness (QED) is 0.651. The number of nitrogens with one attached hydrogen (secondary N) is 1. The van der Waals surface area contributed by atoms with Gasteiger partial charge in [0.05, 0.1) is 10.9 Å². The van der Waals surface area contributed by atoms with Gasteiger partial charge in [0.15, 0.2) is 4.77 Å². The zero-order valence-electron chi connectivity index (χ0n) is 16.3. The van der Waals surface area contributed by atoms with Crippen LogP contribution in [0.1, 0.15) is 15.9 Å². The molecule has 0 unspecified atom stereocenters. The van der Waals surface area contributed by atoms with Crippen LogP contribution in [0.4, 0.5) is 0 Å². The van der Waals surface area contributed by atoms with E-state index in [1.807, 2.05) is 54.2 Å². The van der Waals surface area contributed by atoms with Crippen LogP contribution in [0.2, 0.25) is 0 Å². The fourth-order valence-corrected chi connectivity index (χ4v) is 3.19. The molecule has 1 N–H and O–H groups in total. The molecule has 0 aliphatic rings. The van der Waals surface area contributed by atoms with Gasteiger partial charge in [-0.2, -0.15) is 0 Å². The monoisotopic (exact) mass is 396 g/mol. The summed E-state index contributed by atoms with van der Waals surface area (Å²) in [6.45, 7) is 1.89. The first kappa shape index (κ1) is 20.0. The third kappa shape index (κ3) is 4.37. The highest BCUT2D eigenvalue weighted by molar-refractivity contribution is 7.71. The molecular weight excluding hydrogens is 372 g/mol. The molecule has 28 heavy (non-hydrogen) atoms. The largest absolute Gasteiger partial charge is 0.333 e. The van der Waals surface area contributed by atoms with Gasteiger partial charge in [-0.1, -0.05) is 30.3 Å². The Morgan fingerprint density at radius 1 is 1.11 bits per heavy atom. The molecule has 0 fully saturated rings. The number of hydrogen-bond donors (Lipinski definition) is 1. The van der Waals surface area contributed by atoms with E-state index in [9.17, 15) is 9.59 Å². The standard InChI is InChI=1S/C21H24N4O2S/c1-23(2)11-12-25(14-15-7-5-4-6-8-15)19(26)16-9-10-17-18(13-16)22-21(28)24(3)20(17)27/h4-10,13H,11-12,14H2,1-3H3,(H,22,28). The average molecular weight is 397 g/mol. The van der Waals surface area contributed by atoms with Gasteiger partial charge in [0.1, 0.15) is 0 Å². The van der Waals surface area contributed by atoms with Crippen molar-refractivity contribution in [3.8, 4) is 0 Å². The topological polar surface area (TPSA) is 61.3 Å². The smallest absolute Gasteiger partial charge is 0.261 e. The number of rotatable bonds is 6. The number of aromatic amines is 1. The maximum atomic E-state index is 13.2. The highest BCUT2D eigenvalue weighted by atomic mass is 32.1. The third-order valence-corrected chi connectivity index (χ3v) is 5.04. The highest BCUT2D eigenvalue weighted by Crippen LogP contribution is 2.15. The average Bonchev–Trinajstić information content (AvgIpc) is 2.69. The molecule has 3 rings (SSSR count). The van der Waals surface area contributed by atoms with Gasteiger partial charge in [0.25, 0.3) is 11.5 Å². The molecule has 6 nitrogen and oxygen atoms in total. The van der Waals surface area contributed by atoms with Crippen LogP contribution in [0.25, 0.3) is 10.9 Å². The Morgan fingerprint density at radius 3 is 2.50 bits per heavy atom. The molecular formula is C21H24N4O2S. The third-order valence-electron chi connectivity index (χ3n) is 4.67. The van der Waals surface area contributed by atoms with Crippen molar-refractivity contribution in [3.05, 3.63) is 74.8 Å². The number of amides is 1. The number of benzene rings is 2. The van der Waals surface area contributed by atoms with E-state index in [0.29, 0.717) is 34.3 Å². The lowest BCUT2D eigenvalue weighted by molar-refractivity contribution is 0.0732. The van der Waals surface area contributed by atoms with Gasteiger partial charge in [-0.3, -0.25) is 14.2 Å². The molecule has 0 radical (unpaired) electrons. The van der Waals surface area contributed by atoms with E-state index in [4.69, 9.17) is 12.2 Å². The number of carbonyl (C=O) groups excluding carboxylic acids is 1. The number of likely N-dealkylation sites (N-methyl/N-ethyl adjacent to an activating group) is 1. The number of hydrogen-bond acceptors (Lipinski definition) is 4. The summed E-state index contributed by atoms with van der Waals surface area (Å²) in [5.74, 6) is -0.0763. The van der Waals surface area contributed by atoms with Gasteiger partial charge in [0, 0.05) is 32.2 Å². The molecule has 3 aromatic rings. The van der Waals surface area contributed by atoms with Gasteiger partial charge >= 0.3 is 0 Å². The molecule has 2 aromatic carbocycles. The molecule has 146 valence electrons. The lowest BCUT2D eigenvalue weighted by Crippen LogP contribution is -2.36. The van der Waals surface area contributed by atoms with Crippen molar-refractivity contribution in [1.82, 2.24) is 19.4 Å². The Kier molecular flexibility index (Phi) is 6.06. The van der Waals surface area contributed by atoms with E-state index in [-0.39, 0.29) is 11.5 Å². The van der Waals surface area contributed by atoms with Crippen LogP contribution in [0.3, 0.4) is 0 Å². The first-order valence-corrected chi connectivity index (χ1v) is 9.48. The number of fused-ring (bicyclic) bond motifs is 1. The number of H-pyrrole nitrogens is 1. The molecule has 1 amide bonds. The van der Waals surface area contributed by atoms with Crippen molar-refractivity contribution in [3.63, 3.8) is 0 Å². The maximum Gasteiger partial charge on any atom is 0.261 e. The molecule has 0 bridgehead atoms. The fraction of sp³-hybridized carbons (Fsp3) is 0.286. The summed E-state index contributed by atoms with van der Waals surface area (Å²) in [6, 6.07) is 15.0. The van der Waals surface area contributed by atoms with E-state index >= 15 is 0 Å².